The number of rotatable bonds is 11. The van der Waals surface area contributed by atoms with E-state index >= 15 is 0 Å². The van der Waals surface area contributed by atoms with E-state index in [1.807, 2.05) is 18.0 Å². The second kappa shape index (κ2) is 11.0. The van der Waals surface area contributed by atoms with E-state index in [1.165, 1.54) is 51.4 Å². The van der Waals surface area contributed by atoms with E-state index in [2.05, 4.69) is 24.1 Å². The molecule has 3 heteroatoms. The van der Waals surface area contributed by atoms with Gasteiger partial charge in [-0.25, -0.2) is 0 Å². The lowest BCUT2D eigenvalue weighted by atomic mass is 10.1. The Labute approximate surface area is 124 Å². The topological polar surface area (TPSA) is 35.8 Å². The largest absolute Gasteiger partial charge is 0.379 e. The molecule has 0 aliphatic carbocycles. The number of aliphatic imine (C=N–C) groups is 1. The second-order valence-electron chi connectivity index (χ2n) is 5.75. The van der Waals surface area contributed by atoms with Crippen LogP contribution in [0.15, 0.2) is 17.1 Å². The number of aliphatic hydroxyl groups excluding tert-OH is 1. The number of hydrogen-bond donors (Lipinski definition) is 1. The normalized spacial score (nSPS) is 21.1. The van der Waals surface area contributed by atoms with Crippen molar-refractivity contribution in [1.82, 2.24) is 4.90 Å². The van der Waals surface area contributed by atoms with Gasteiger partial charge in [0.05, 0.1) is 0 Å². The van der Waals surface area contributed by atoms with Gasteiger partial charge in [-0.1, -0.05) is 38.3 Å². The van der Waals surface area contributed by atoms with Crippen molar-refractivity contribution in [1.29, 1.82) is 0 Å². The predicted octanol–water partition coefficient (Wildman–Crippen LogP) is 4.12. The van der Waals surface area contributed by atoms with E-state index in [1.54, 1.807) is 0 Å². The molecule has 1 rings (SSSR count). The Morgan fingerprint density at radius 2 is 1.90 bits per heavy atom. The summed E-state index contributed by atoms with van der Waals surface area (Å²) < 4.78 is 0. The molecule has 116 valence electrons. The van der Waals surface area contributed by atoms with Gasteiger partial charge in [0.2, 0.25) is 0 Å². The SMILES string of the molecule is CCCCCC/C=C/CCCCC1N=CCN1C(C)O. The standard InChI is InChI=1S/C17H32N2O/c1-3-4-5-6-7-8-9-10-11-12-13-17-18-14-15-19(17)16(2)20/h8-9,14,16-17,20H,3-7,10-13,15H2,1-2H3/b9-8+. The Morgan fingerprint density at radius 3 is 2.55 bits per heavy atom. The maximum atomic E-state index is 9.62. The third-order valence-corrected chi connectivity index (χ3v) is 3.91. The van der Waals surface area contributed by atoms with Gasteiger partial charge in [-0.3, -0.25) is 9.89 Å². The maximum absolute atomic E-state index is 9.62. The third kappa shape index (κ3) is 7.20. The van der Waals surface area contributed by atoms with Crippen LogP contribution >= 0.6 is 0 Å². The van der Waals surface area contributed by atoms with Crippen molar-refractivity contribution in [3.63, 3.8) is 0 Å². The van der Waals surface area contributed by atoms with E-state index in [0.717, 1.165) is 13.0 Å². The van der Waals surface area contributed by atoms with Crippen LogP contribution in [0, 0.1) is 0 Å². The molecular formula is C17H32N2O. The molecule has 1 N–H and O–H groups in total. The molecule has 1 heterocycles. The molecule has 0 saturated carbocycles. The van der Waals surface area contributed by atoms with Crippen molar-refractivity contribution >= 4 is 6.21 Å². The lowest BCUT2D eigenvalue weighted by molar-refractivity contribution is 0.00715. The molecular weight excluding hydrogens is 248 g/mol. The molecule has 1 aliphatic rings. The molecule has 0 spiro atoms. The first-order valence-corrected chi connectivity index (χ1v) is 8.36. The molecule has 2 atom stereocenters. The smallest absolute Gasteiger partial charge is 0.106 e. The Balaban J connectivity index is 1.96. The first kappa shape index (κ1) is 17.4. The minimum absolute atomic E-state index is 0.202. The van der Waals surface area contributed by atoms with E-state index in [-0.39, 0.29) is 12.4 Å². The first-order chi connectivity index (χ1) is 9.75. The summed E-state index contributed by atoms with van der Waals surface area (Å²) in [5, 5.41) is 9.62. The Morgan fingerprint density at radius 1 is 1.20 bits per heavy atom. The molecule has 20 heavy (non-hydrogen) atoms. The van der Waals surface area contributed by atoms with Crippen LogP contribution in [0.3, 0.4) is 0 Å². The second-order valence-corrected chi connectivity index (χ2v) is 5.75. The summed E-state index contributed by atoms with van der Waals surface area (Å²) in [6.07, 6.45) is 17.7. The highest BCUT2D eigenvalue weighted by atomic mass is 16.3. The molecule has 0 aromatic heterocycles. The zero-order valence-corrected chi connectivity index (χ0v) is 13.3. The zero-order valence-electron chi connectivity index (χ0n) is 13.3. The van der Waals surface area contributed by atoms with Crippen molar-refractivity contribution < 1.29 is 5.11 Å². The van der Waals surface area contributed by atoms with Crippen LogP contribution in [0.1, 0.15) is 71.6 Å². The summed E-state index contributed by atoms with van der Waals surface area (Å²) in [5.74, 6) is 0. The number of hydrogen-bond acceptors (Lipinski definition) is 3. The van der Waals surface area contributed by atoms with E-state index < -0.39 is 0 Å². The molecule has 0 bridgehead atoms. The van der Waals surface area contributed by atoms with E-state index in [0.29, 0.717) is 0 Å². The minimum Gasteiger partial charge on any atom is -0.379 e. The van der Waals surface area contributed by atoms with Gasteiger partial charge >= 0.3 is 0 Å². The van der Waals surface area contributed by atoms with Gasteiger partial charge < -0.3 is 5.11 Å². The monoisotopic (exact) mass is 280 g/mol. The molecule has 0 fully saturated rings. The number of aliphatic hydroxyl groups is 1. The van der Waals surface area contributed by atoms with Crippen LogP contribution in [0.5, 0.6) is 0 Å². The molecule has 0 amide bonds. The number of allylic oxidation sites excluding steroid dienone is 2. The van der Waals surface area contributed by atoms with Gasteiger partial charge in [-0.15, -0.1) is 0 Å². The summed E-state index contributed by atoms with van der Waals surface area (Å²) in [6.45, 7) is 4.87. The summed E-state index contributed by atoms with van der Waals surface area (Å²) in [5.41, 5.74) is 0. The Kier molecular flexibility index (Phi) is 9.60. The molecule has 0 saturated heterocycles. The minimum atomic E-state index is -0.384. The quantitative estimate of drug-likeness (QED) is 0.456. The Bertz CT molecular complexity index is 287. The van der Waals surface area contributed by atoms with Crippen molar-refractivity contribution in [2.24, 2.45) is 4.99 Å². The van der Waals surface area contributed by atoms with Crippen LogP contribution in [0.25, 0.3) is 0 Å². The molecule has 0 aromatic carbocycles. The zero-order chi connectivity index (χ0) is 14.6. The average molecular weight is 280 g/mol. The van der Waals surface area contributed by atoms with Gasteiger partial charge in [0.1, 0.15) is 12.4 Å². The highest BCUT2D eigenvalue weighted by molar-refractivity contribution is 5.62. The van der Waals surface area contributed by atoms with Gasteiger partial charge in [0.25, 0.3) is 0 Å². The fourth-order valence-corrected chi connectivity index (χ4v) is 2.63. The van der Waals surface area contributed by atoms with Gasteiger partial charge in [-0.05, 0) is 45.4 Å². The van der Waals surface area contributed by atoms with Crippen molar-refractivity contribution in [2.75, 3.05) is 6.54 Å². The third-order valence-electron chi connectivity index (χ3n) is 3.91. The molecule has 0 aromatic rings. The number of nitrogens with zero attached hydrogens (tertiary/aromatic N) is 2. The summed E-state index contributed by atoms with van der Waals surface area (Å²) in [4.78, 5) is 6.48. The number of unbranched alkanes of at least 4 members (excludes halogenated alkanes) is 6. The van der Waals surface area contributed by atoms with Gasteiger partial charge in [0.15, 0.2) is 0 Å². The van der Waals surface area contributed by atoms with Gasteiger partial charge in [0, 0.05) is 12.8 Å². The fraction of sp³-hybridized carbons (Fsp3) is 0.824. The van der Waals surface area contributed by atoms with Crippen LogP contribution in [0.2, 0.25) is 0 Å². The molecule has 2 unspecified atom stereocenters. The Hall–Kier alpha value is -0.670. The summed E-state index contributed by atoms with van der Waals surface area (Å²) in [6, 6.07) is 0. The lowest BCUT2D eigenvalue weighted by Gasteiger charge is -2.25. The molecule has 3 nitrogen and oxygen atoms in total. The van der Waals surface area contributed by atoms with Crippen LogP contribution in [-0.4, -0.2) is 35.2 Å². The average Bonchev–Trinajstić information content (AvgIpc) is 2.89. The molecule has 1 aliphatic heterocycles. The van der Waals surface area contributed by atoms with Crippen LogP contribution < -0.4 is 0 Å². The maximum Gasteiger partial charge on any atom is 0.106 e. The summed E-state index contributed by atoms with van der Waals surface area (Å²) in [7, 11) is 0. The highest BCUT2D eigenvalue weighted by Crippen LogP contribution is 2.16. The summed E-state index contributed by atoms with van der Waals surface area (Å²) >= 11 is 0. The van der Waals surface area contributed by atoms with Crippen molar-refractivity contribution in [3.05, 3.63) is 12.2 Å². The first-order valence-electron chi connectivity index (χ1n) is 8.36. The van der Waals surface area contributed by atoms with Crippen LogP contribution in [0.4, 0.5) is 0 Å². The van der Waals surface area contributed by atoms with Crippen LogP contribution in [-0.2, 0) is 0 Å². The van der Waals surface area contributed by atoms with Crippen molar-refractivity contribution in [2.45, 2.75) is 84.0 Å². The highest BCUT2D eigenvalue weighted by Gasteiger charge is 2.23. The van der Waals surface area contributed by atoms with Gasteiger partial charge in [-0.2, -0.15) is 0 Å². The fourth-order valence-electron chi connectivity index (χ4n) is 2.63. The van der Waals surface area contributed by atoms with E-state index in [4.69, 9.17) is 0 Å². The lowest BCUT2D eigenvalue weighted by Crippen LogP contribution is -2.37. The van der Waals surface area contributed by atoms with Crippen molar-refractivity contribution in [3.8, 4) is 0 Å². The molecule has 0 radical (unpaired) electrons. The predicted molar refractivity (Wildman–Crippen MR) is 87.0 cm³/mol. The van der Waals surface area contributed by atoms with E-state index in [9.17, 15) is 5.11 Å².